The van der Waals surface area contributed by atoms with Crippen LogP contribution in [0.3, 0.4) is 0 Å². The highest BCUT2D eigenvalue weighted by Crippen LogP contribution is 2.29. The van der Waals surface area contributed by atoms with E-state index in [1.54, 1.807) is 6.20 Å². The summed E-state index contributed by atoms with van der Waals surface area (Å²) in [5.41, 5.74) is 0.178. The van der Waals surface area contributed by atoms with Crippen LogP contribution in [0.1, 0.15) is 46.4 Å². The van der Waals surface area contributed by atoms with Crippen LogP contribution in [0, 0.1) is 11.8 Å². The average Bonchev–Trinajstić information content (AvgIpc) is 3.02. The van der Waals surface area contributed by atoms with Gasteiger partial charge in [-0.05, 0) is 44.7 Å². The maximum absolute atomic E-state index is 10.3. The standard InChI is InChI=1S/C19H28N4O2/c1-13(2)10-16-21-18(25-22-16)14-7-8-17(20-11-14)23-9-5-6-15(12-23)19(3,4)24/h7-8,11,13,15,24H,5-6,9-10,12H2,1-4H3. The van der Waals surface area contributed by atoms with Gasteiger partial charge in [0, 0.05) is 31.6 Å². The number of aliphatic hydroxyl groups is 1. The van der Waals surface area contributed by atoms with Gasteiger partial charge >= 0.3 is 0 Å². The number of nitrogens with zero attached hydrogens (tertiary/aromatic N) is 4. The largest absolute Gasteiger partial charge is 0.390 e. The zero-order valence-corrected chi connectivity index (χ0v) is 15.6. The van der Waals surface area contributed by atoms with E-state index in [0.29, 0.717) is 11.8 Å². The Morgan fingerprint density at radius 3 is 2.80 bits per heavy atom. The van der Waals surface area contributed by atoms with Crippen LogP contribution >= 0.6 is 0 Å². The van der Waals surface area contributed by atoms with E-state index in [2.05, 4.69) is 33.9 Å². The van der Waals surface area contributed by atoms with Crippen LogP contribution in [0.4, 0.5) is 5.82 Å². The molecule has 1 unspecified atom stereocenters. The van der Waals surface area contributed by atoms with Gasteiger partial charge in [-0.2, -0.15) is 4.98 Å². The molecule has 2 aromatic rings. The predicted molar refractivity (Wildman–Crippen MR) is 97.3 cm³/mol. The summed E-state index contributed by atoms with van der Waals surface area (Å²) in [6, 6.07) is 3.97. The van der Waals surface area contributed by atoms with Crippen molar-refractivity contribution in [2.45, 2.75) is 52.6 Å². The van der Waals surface area contributed by atoms with Gasteiger partial charge in [0.2, 0.25) is 0 Å². The minimum absolute atomic E-state index is 0.261. The molecule has 0 aromatic carbocycles. The second-order valence-electron chi connectivity index (χ2n) is 7.96. The number of hydrogen-bond donors (Lipinski definition) is 1. The third-order valence-corrected chi connectivity index (χ3v) is 4.80. The van der Waals surface area contributed by atoms with Crippen LogP contribution in [0.2, 0.25) is 0 Å². The van der Waals surface area contributed by atoms with E-state index in [0.717, 1.165) is 49.6 Å². The molecule has 0 saturated carbocycles. The molecule has 1 saturated heterocycles. The second kappa shape index (κ2) is 7.12. The molecule has 1 fully saturated rings. The molecule has 0 amide bonds. The van der Waals surface area contributed by atoms with E-state index >= 15 is 0 Å². The lowest BCUT2D eigenvalue weighted by Gasteiger charge is -2.39. The van der Waals surface area contributed by atoms with Crippen molar-refractivity contribution in [2.24, 2.45) is 11.8 Å². The van der Waals surface area contributed by atoms with Gasteiger partial charge in [0.1, 0.15) is 5.82 Å². The van der Waals surface area contributed by atoms with Crippen LogP contribution in [0.5, 0.6) is 0 Å². The molecule has 25 heavy (non-hydrogen) atoms. The Morgan fingerprint density at radius 2 is 2.16 bits per heavy atom. The molecule has 1 atom stereocenters. The third-order valence-electron chi connectivity index (χ3n) is 4.80. The Bertz CT molecular complexity index is 688. The molecule has 6 heteroatoms. The molecule has 2 aromatic heterocycles. The molecule has 3 rings (SSSR count). The van der Waals surface area contributed by atoms with E-state index < -0.39 is 5.60 Å². The van der Waals surface area contributed by atoms with Gasteiger partial charge in [0.25, 0.3) is 5.89 Å². The van der Waals surface area contributed by atoms with Crippen LogP contribution in [0.25, 0.3) is 11.5 Å². The molecule has 136 valence electrons. The van der Waals surface area contributed by atoms with E-state index in [-0.39, 0.29) is 5.92 Å². The summed E-state index contributed by atoms with van der Waals surface area (Å²) in [6.45, 7) is 9.84. The Kier molecular flexibility index (Phi) is 5.08. The Labute approximate surface area is 149 Å². The number of rotatable bonds is 5. The number of aromatic nitrogens is 3. The first-order valence-electron chi connectivity index (χ1n) is 9.09. The number of hydrogen-bond acceptors (Lipinski definition) is 6. The van der Waals surface area contributed by atoms with Crippen molar-refractivity contribution in [1.29, 1.82) is 0 Å². The van der Waals surface area contributed by atoms with Crippen molar-refractivity contribution in [3.63, 3.8) is 0 Å². The van der Waals surface area contributed by atoms with Gasteiger partial charge in [-0.3, -0.25) is 0 Å². The summed E-state index contributed by atoms with van der Waals surface area (Å²) in [5, 5.41) is 14.3. The van der Waals surface area contributed by atoms with Crippen molar-refractivity contribution in [3.8, 4) is 11.5 Å². The lowest BCUT2D eigenvalue weighted by molar-refractivity contribution is 0.0109. The molecule has 1 aliphatic rings. The molecular weight excluding hydrogens is 316 g/mol. The van der Waals surface area contributed by atoms with Crippen molar-refractivity contribution < 1.29 is 9.63 Å². The second-order valence-corrected chi connectivity index (χ2v) is 7.96. The zero-order valence-electron chi connectivity index (χ0n) is 15.6. The molecule has 0 spiro atoms. The van der Waals surface area contributed by atoms with E-state index in [9.17, 15) is 5.11 Å². The Balaban J connectivity index is 1.71. The van der Waals surface area contributed by atoms with E-state index in [1.807, 2.05) is 26.0 Å². The SMILES string of the molecule is CC(C)Cc1noc(-c2ccc(N3CCCC(C(C)(C)O)C3)nc2)n1. The molecule has 0 radical (unpaired) electrons. The van der Waals surface area contributed by atoms with Gasteiger partial charge in [-0.1, -0.05) is 19.0 Å². The zero-order chi connectivity index (χ0) is 18.0. The normalized spacial score (nSPS) is 18.8. The monoisotopic (exact) mass is 344 g/mol. The van der Waals surface area contributed by atoms with Gasteiger partial charge in [-0.15, -0.1) is 0 Å². The minimum atomic E-state index is -0.658. The number of pyridine rings is 1. The third kappa shape index (κ3) is 4.37. The Morgan fingerprint density at radius 1 is 1.36 bits per heavy atom. The van der Waals surface area contributed by atoms with Gasteiger partial charge in [0.05, 0.1) is 11.2 Å². The fourth-order valence-corrected chi connectivity index (χ4v) is 3.28. The van der Waals surface area contributed by atoms with Crippen molar-refractivity contribution >= 4 is 5.82 Å². The first kappa shape index (κ1) is 17.9. The first-order valence-corrected chi connectivity index (χ1v) is 9.09. The summed E-state index contributed by atoms with van der Waals surface area (Å²) in [7, 11) is 0. The molecule has 0 bridgehead atoms. The minimum Gasteiger partial charge on any atom is -0.390 e. The van der Waals surface area contributed by atoms with Gasteiger partial charge in [0.15, 0.2) is 5.82 Å². The molecular formula is C19H28N4O2. The molecule has 1 aliphatic heterocycles. The fourth-order valence-electron chi connectivity index (χ4n) is 3.28. The Hall–Kier alpha value is -1.95. The summed E-state index contributed by atoms with van der Waals surface area (Å²) in [6.07, 6.45) is 4.72. The molecule has 0 aliphatic carbocycles. The average molecular weight is 344 g/mol. The van der Waals surface area contributed by atoms with Crippen molar-refractivity contribution in [1.82, 2.24) is 15.1 Å². The van der Waals surface area contributed by atoms with Gasteiger partial charge < -0.3 is 14.5 Å². The summed E-state index contributed by atoms with van der Waals surface area (Å²) >= 11 is 0. The topological polar surface area (TPSA) is 75.3 Å². The lowest BCUT2D eigenvalue weighted by atomic mass is 9.84. The number of anilines is 1. The maximum atomic E-state index is 10.3. The lowest BCUT2D eigenvalue weighted by Crippen LogP contribution is -2.45. The molecule has 1 N–H and O–H groups in total. The van der Waals surface area contributed by atoms with Crippen LogP contribution in [0.15, 0.2) is 22.9 Å². The fraction of sp³-hybridized carbons (Fsp3) is 0.632. The summed E-state index contributed by atoms with van der Waals surface area (Å²) in [5.74, 6) is 2.94. The quantitative estimate of drug-likeness (QED) is 0.897. The van der Waals surface area contributed by atoms with E-state index in [1.165, 1.54) is 0 Å². The van der Waals surface area contributed by atoms with Gasteiger partial charge in [-0.25, -0.2) is 4.98 Å². The number of piperidine rings is 1. The highest BCUT2D eigenvalue weighted by molar-refractivity contribution is 5.54. The highest BCUT2D eigenvalue weighted by Gasteiger charge is 2.31. The van der Waals surface area contributed by atoms with E-state index in [4.69, 9.17) is 4.52 Å². The maximum Gasteiger partial charge on any atom is 0.259 e. The predicted octanol–water partition coefficient (Wildman–Crippen LogP) is 3.32. The first-order chi connectivity index (χ1) is 11.8. The van der Waals surface area contributed by atoms with Crippen molar-refractivity contribution in [2.75, 3.05) is 18.0 Å². The van der Waals surface area contributed by atoms with Crippen molar-refractivity contribution in [3.05, 3.63) is 24.2 Å². The van der Waals surface area contributed by atoms with Crippen LogP contribution in [-0.2, 0) is 6.42 Å². The molecule has 3 heterocycles. The smallest absolute Gasteiger partial charge is 0.259 e. The molecule has 6 nitrogen and oxygen atoms in total. The summed E-state index contributed by atoms with van der Waals surface area (Å²) in [4.78, 5) is 11.3. The summed E-state index contributed by atoms with van der Waals surface area (Å²) < 4.78 is 5.35. The highest BCUT2D eigenvalue weighted by atomic mass is 16.5. The van der Waals surface area contributed by atoms with Crippen LogP contribution < -0.4 is 4.90 Å². The van der Waals surface area contributed by atoms with Crippen LogP contribution in [-0.4, -0.2) is 38.9 Å².